The van der Waals surface area contributed by atoms with Crippen LogP contribution in [-0.2, 0) is 19.6 Å². The van der Waals surface area contributed by atoms with Crippen LogP contribution in [0.1, 0.15) is 46.5 Å². The number of likely N-dealkylation sites (tertiary alicyclic amines) is 1. The van der Waals surface area contributed by atoms with Crippen LogP contribution >= 0.6 is 0 Å². The van der Waals surface area contributed by atoms with Crippen LogP contribution in [0, 0.1) is 5.92 Å². The van der Waals surface area contributed by atoms with Gasteiger partial charge in [0.05, 0.1) is 24.2 Å². The Morgan fingerprint density at radius 3 is 2.68 bits per heavy atom. The van der Waals surface area contributed by atoms with Crippen LogP contribution in [0.3, 0.4) is 0 Å². The number of benzene rings is 1. The second kappa shape index (κ2) is 10.7. The Bertz CT molecular complexity index is 858. The molecular weight excluding hydrogens is 420 g/mol. The monoisotopic (exact) mass is 454 g/mol. The zero-order valence-corrected chi connectivity index (χ0v) is 19.4. The van der Waals surface area contributed by atoms with Gasteiger partial charge in [-0.25, -0.2) is 8.42 Å². The number of hydrogen-bond donors (Lipinski definition) is 1. The Kier molecular flexibility index (Phi) is 8.18. The number of hydrogen-bond acceptors (Lipinski definition) is 6. The van der Waals surface area contributed by atoms with Crippen molar-refractivity contribution in [2.45, 2.75) is 63.5 Å². The highest BCUT2D eigenvalue weighted by atomic mass is 32.2. The predicted octanol–water partition coefficient (Wildman–Crippen LogP) is 2.57. The number of piperidine rings is 1. The van der Waals surface area contributed by atoms with Gasteiger partial charge in [0.1, 0.15) is 6.04 Å². The van der Waals surface area contributed by atoms with Gasteiger partial charge in [-0.05, 0) is 37.3 Å². The Hall–Kier alpha value is -1.84. The standard InChI is InChI=1S/C22H34N2O6S/c1-4-11-28-17-7-5-10-24(15-17)22(25)21(16(2)3)23-31(26,27)18-8-9-19-20(14-18)30-13-6-12-29-19/h8-9,14,16-17,21,23H,4-7,10-13,15H2,1-3H3. The molecule has 2 atom stereocenters. The van der Waals surface area contributed by atoms with Gasteiger partial charge in [-0.15, -0.1) is 0 Å². The summed E-state index contributed by atoms with van der Waals surface area (Å²) < 4.78 is 45.9. The van der Waals surface area contributed by atoms with Crippen LogP contribution in [-0.4, -0.2) is 64.3 Å². The number of carbonyl (C=O) groups excluding carboxylic acids is 1. The number of rotatable bonds is 8. The molecule has 0 aliphatic carbocycles. The van der Waals surface area contributed by atoms with Crippen molar-refractivity contribution in [2.24, 2.45) is 5.92 Å². The van der Waals surface area contributed by atoms with Crippen LogP contribution in [0.15, 0.2) is 23.1 Å². The first-order valence-corrected chi connectivity index (χ1v) is 12.6. The molecule has 2 aliphatic heterocycles. The second-order valence-electron chi connectivity index (χ2n) is 8.42. The molecule has 1 amide bonds. The average molecular weight is 455 g/mol. The lowest BCUT2D eigenvalue weighted by Crippen LogP contribution is -2.54. The number of carbonyl (C=O) groups is 1. The van der Waals surface area contributed by atoms with Crippen LogP contribution in [0.4, 0.5) is 0 Å². The highest BCUT2D eigenvalue weighted by molar-refractivity contribution is 7.89. The molecule has 0 bridgehead atoms. The minimum absolute atomic E-state index is 0.00352. The largest absolute Gasteiger partial charge is 0.490 e. The van der Waals surface area contributed by atoms with Crippen molar-refractivity contribution >= 4 is 15.9 Å². The first-order valence-electron chi connectivity index (χ1n) is 11.1. The van der Waals surface area contributed by atoms with E-state index < -0.39 is 16.1 Å². The summed E-state index contributed by atoms with van der Waals surface area (Å²) in [6.07, 6.45) is 3.43. The fourth-order valence-corrected chi connectivity index (χ4v) is 5.13. The number of nitrogens with one attached hydrogen (secondary N) is 1. The van der Waals surface area contributed by atoms with Gasteiger partial charge in [0, 0.05) is 32.2 Å². The van der Waals surface area contributed by atoms with Gasteiger partial charge >= 0.3 is 0 Å². The van der Waals surface area contributed by atoms with Crippen molar-refractivity contribution in [3.05, 3.63) is 18.2 Å². The number of ether oxygens (including phenoxy) is 3. The zero-order chi connectivity index (χ0) is 22.4. The van der Waals surface area contributed by atoms with Gasteiger partial charge in [-0.1, -0.05) is 20.8 Å². The Morgan fingerprint density at radius 1 is 1.23 bits per heavy atom. The van der Waals surface area contributed by atoms with Crippen molar-refractivity contribution in [1.82, 2.24) is 9.62 Å². The summed E-state index contributed by atoms with van der Waals surface area (Å²) in [7, 11) is -3.93. The summed E-state index contributed by atoms with van der Waals surface area (Å²) in [5, 5.41) is 0. The summed E-state index contributed by atoms with van der Waals surface area (Å²) in [6, 6.07) is 3.68. The highest BCUT2D eigenvalue weighted by Gasteiger charge is 2.34. The molecule has 31 heavy (non-hydrogen) atoms. The molecule has 1 aromatic rings. The zero-order valence-electron chi connectivity index (χ0n) is 18.6. The fourth-order valence-electron chi connectivity index (χ4n) is 3.77. The van der Waals surface area contributed by atoms with Gasteiger partial charge in [0.2, 0.25) is 15.9 Å². The highest BCUT2D eigenvalue weighted by Crippen LogP contribution is 2.32. The normalized spacial score (nSPS) is 20.4. The van der Waals surface area contributed by atoms with Crippen LogP contribution in [0.25, 0.3) is 0 Å². The summed E-state index contributed by atoms with van der Waals surface area (Å²) in [5.41, 5.74) is 0. The first-order chi connectivity index (χ1) is 14.8. The molecule has 3 rings (SSSR count). The van der Waals surface area contributed by atoms with Crippen LogP contribution in [0.5, 0.6) is 11.5 Å². The van der Waals surface area contributed by atoms with E-state index in [2.05, 4.69) is 11.6 Å². The molecule has 1 saturated heterocycles. The Labute approximate surface area is 185 Å². The van der Waals surface area contributed by atoms with Crippen LogP contribution in [0.2, 0.25) is 0 Å². The molecule has 8 nitrogen and oxygen atoms in total. The maximum atomic E-state index is 13.2. The molecular formula is C22H34N2O6S. The summed E-state index contributed by atoms with van der Waals surface area (Å²) in [5.74, 6) is 0.511. The molecule has 0 aromatic heterocycles. The number of amides is 1. The van der Waals surface area contributed by atoms with Gasteiger partial charge in [0.25, 0.3) is 0 Å². The van der Waals surface area contributed by atoms with E-state index in [1.54, 1.807) is 11.0 Å². The van der Waals surface area contributed by atoms with E-state index in [9.17, 15) is 13.2 Å². The van der Waals surface area contributed by atoms with Crippen molar-refractivity contribution < 1.29 is 27.4 Å². The maximum Gasteiger partial charge on any atom is 0.241 e. The van der Waals surface area contributed by atoms with Crippen molar-refractivity contribution in [3.63, 3.8) is 0 Å². The minimum atomic E-state index is -3.93. The maximum absolute atomic E-state index is 13.2. The van der Waals surface area contributed by atoms with E-state index in [4.69, 9.17) is 14.2 Å². The quantitative estimate of drug-likeness (QED) is 0.649. The lowest BCUT2D eigenvalue weighted by atomic mass is 10.0. The molecule has 9 heteroatoms. The summed E-state index contributed by atoms with van der Waals surface area (Å²) in [4.78, 5) is 15.0. The number of fused-ring (bicyclic) bond motifs is 1. The van der Waals surface area contributed by atoms with Gasteiger partial charge in [-0.2, -0.15) is 4.72 Å². The number of sulfonamides is 1. The molecule has 2 heterocycles. The van der Waals surface area contributed by atoms with Gasteiger partial charge in [0.15, 0.2) is 11.5 Å². The van der Waals surface area contributed by atoms with E-state index in [0.717, 1.165) is 25.7 Å². The predicted molar refractivity (Wildman–Crippen MR) is 117 cm³/mol. The SMILES string of the molecule is CCCOC1CCCN(C(=O)C(NS(=O)(=O)c2ccc3c(c2)OCCCO3)C(C)C)C1. The van der Waals surface area contributed by atoms with Crippen molar-refractivity contribution in [1.29, 1.82) is 0 Å². The molecule has 0 spiro atoms. The Morgan fingerprint density at radius 2 is 1.97 bits per heavy atom. The van der Waals surface area contributed by atoms with Crippen molar-refractivity contribution in [2.75, 3.05) is 32.9 Å². The van der Waals surface area contributed by atoms with E-state index in [1.165, 1.54) is 12.1 Å². The lowest BCUT2D eigenvalue weighted by molar-refractivity contribution is -0.138. The summed E-state index contributed by atoms with van der Waals surface area (Å²) in [6.45, 7) is 8.50. The molecule has 2 unspecified atom stereocenters. The second-order valence-corrected chi connectivity index (χ2v) is 10.1. The molecule has 174 valence electrons. The van der Waals surface area contributed by atoms with E-state index in [1.807, 2.05) is 13.8 Å². The third-order valence-corrected chi connectivity index (χ3v) is 6.93. The smallest absolute Gasteiger partial charge is 0.241 e. The van der Waals surface area contributed by atoms with E-state index in [0.29, 0.717) is 44.4 Å². The fraction of sp³-hybridized carbons (Fsp3) is 0.682. The van der Waals surface area contributed by atoms with Gasteiger partial charge < -0.3 is 19.1 Å². The molecule has 0 saturated carbocycles. The molecule has 2 aliphatic rings. The molecule has 0 radical (unpaired) electrons. The molecule has 1 aromatic carbocycles. The molecule has 1 N–H and O–H groups in total. The van der Waals surface area contributed by atoms with Crippen LogP contribution < -0.4 is 14.2 Å². The lowest BCUT2D eigenvalue weighted by Gasteiger charge is -2.36. The van der Waals surface area contributed by atoms with Crippen molar-refractivity contribution in [3.8, 4) is 11.5 Å². The third kappa shape index (κ3) is 6.11. The van der Waals surface area contributed by atoms with E-state index >= 15 is 0 Å². The number of nitrogens with zero attached hydrogens (tertiary/aromatic N) is 1. The first kappa shape index (κ1) is 23.8. The Balaban J connectivity index is 1.74. The third-order valence-electron chi connectivity index (χ3n) is 5.49. The topological polar surface area (TPSA) is 94.2 Å². The summed E-state index contributed by atoms with van der Waals surface area (Å²) >= 11 is 0. The van der Waals surface area contributed by atoms with E-state index in [-0.39, 0.29) is 22.8 Å². The minimum Gasteiger partial charge on any atom is -0.490 e. The van der Waals surface area contributed by atoms with Gasteiger partial charge in [-0.3, -0.25) is 4.79 Å². The average Bonchev–Trinajstić information content (AvgIpc) is 3.00. The molecule has 1 fully saturated rings.